The van der Waals surface area contributed by atoms with E-state index in [9.17, 15) is 18.4 Å². The molecule has 130 valence electrons. The summed E-state index contributed by atoms with van der Waals surface area (Å²) in [5, 5.41) is 0. The predicted molar refractivity (Wildman–Crippen MR) is 87.0 cm³/mol. The first-order valence-corrected chi connectivity index (χ1v) is 8.01. The zero-order valence-corrected chi connectivity index (χ0v) is 13.5. The first kappa shape index (κ1) is 17.0. The Kier molecular flexibility index (Phi) is 5.02. The van der Waals surface area contributed by atoms with Gasteiger partial charge < -0.3 is 9.80 Å². The smallest absolute Gasteiger partial charge is 0.272 e. The lowest BCUT2D eigenvalue weighted by atomic mass is 10.2. The number of carbonyl (C=O) groups excluding carboxylic acids is 2. The summed E-state index contributed by atoms with van der Waals surface area (Å²) >= 11 is 0. The molecule has 0 spiro atoms. The minimum absolute atomic E-state index is 0.100. The topological polar surface area (TPSA) is 53.5 Å². The van der Waals surface area contributed by atoms with Crippen molar-refractivity contribution in [2.75, 3.05) is 26.2 Å². The van der Waals surface area contributed by atoms with Crippen molar-refractivity contribution in [1.29, 1.82) is 0 Å². The fourth-order valence-corrected chi connectivity index (χ4v) is 2.79. The molecule has 0 unspecified atom stereocenters. The van der Waals surface area contributed by atoms with E-state index in [2.05, 4.69) is 4.98 Å². The monoisotopic (exact) mass is 345 g/mol. The summed E-state index contributed by atoms with van der Waals surface area (Å²) in [6.45, 7) is 1.65. The third-order valence-corrected chi connectivity index (χ3v) is 4.12. The van der Waals surface area contributed by atoms with Crippen LogP contribution in [0.5, 0.6) is 0 Å². The molecule has 0 bridgehead atoms. The van der Waals surface area contributed by atoms with Crippen LogP contribution in [0.1, 0.15) is 27.3 Å². The van der Waals surface area contributed by atoms with Gasteiger partial charge in [0.15, 0.2) is 11.6 Å². The second kappa shape index (κ2) is 7.38. The van der Waals surface area contributed by atoms with Crippen molar-refractivity contribution in [1.82, 2.24) is 14.8 Å². The molecule has 2 heterocycles. The van der Waals surface area contributed by atoms with Gasteiger partial charge in [0.2, 0.25) is 0 Å². The van der Waals surface area contributed by atoms with Crippen LogP contribution in [0.3, 0.4) is 0 Å². The van der Waals surface area contributed by atoms with Crippen molar-refractivity contribution >= 4 is 11.8 Å². The van der Waals surface area contributed by atoms with E-state index < -0.39 is 11.6 Å². The summed E-state index contributed by atoms with van der Waals surface area (Å²) in [6.07, 6.45) is 2.16. The first-order chi connectivity index (χ1) is 12.1. The highest BCUT2D eigenvalue weighted by Gasteiger charge is 2.24. The van der Waals surface area contributed by atoms with Gasteiger partial charge in [-0.25, -0.2) is 8.78 Å². The number of amides is 2. The minimum atomic E-state index is -1.05. The van der Waals surface area contributed by atoms with Crippen LogP contribution in [0.15, 0.2) is 42.6 Å². The second-order valence-electron chi connectivity index (χ2n) is 5.78. The lowest BCUT2D eigenvalue weighted by molar-refractivity contribution is 0.0715. The number of rotatable bonds is 2. The molecule has 0 N–H and O–H groups in total. The van der Waals surface area contributed by atoms with Gasteiger partial charge in [-0.05, 0) is 36.8 Å². The Balaban J connectivity index is 1.68. The summed E-state index contributed by atoms with van der Waals surface area (Å²) in [6, 6.07) is 8.24. The molecule has 0 aliphatic carbocycles. The molecule has 1 aliphatic rings. The van der Waals surface area contributed by atoms with Gasteiger partial charge in [0.25, 0.3) is 11.8 Å². The Morgan fingerprint density at radius 3 is 2.24 bits per heavy atom. The van der Waals surface area contributed by atoms with E-state index in [0.29, 0.717) is 38.3 Å². The number of hydrogen-bond donors (Lipinski definition) is 0. The molecule has 5 nitrogen and oxygen atoms in total. The Hall–Kier alpha value is -2.83. The van der Waals surface area contributed by atoms with Gasteiger partial charge >= 0.3 is 0 Å². The largest absolute Gasteiger partial charge is 0.337 e. The maximum absolute atomic E-state index is 13.3. The number of benzene rings is 1. The van der Waals surface area contributed by atoms with E-state index in [-0.39, 0.29) is 17.4 Å². The van der Waals surface area contributed by atoms with Crippen molar-refractivity contribution in [3.05, 3.63) is 65.5 Å². The molecule has 25 heavy (non-hydrogen) atoms. The van der Waals surface area contributed by atoms with Gasteiger partial charge in [-0.1, -0.05) is 6.07 Å². The fraction of sp³-hybridized carbons (Fsp3) is 0.278. The van der Waals surface area contributed by atoms with E-state index in [0.717, 1.165) is 12.1 Å². The van der Waals surface area contributed by atoms with Crippen molar-refractivity contribution < 1.29 is 18.4 Å². The molecule has 7 heteroatoms. The van der Waals surface area contributed by atoms with Crippen LogP contribution in [0, 0.1) is 11.6 Å². The van der Waals surface area contributed by atoms with Crippen LogP contribution in [0.4, 0.5) is 8.78 Å². The van der Waals surface area contributed by atoms with Crippen LogP contribution in [0.25, 0.3) is 0 Å². The molecule has 1 aromatic carbocycles. The third-order valence-electron chi connectivity index (χ3n) is 4.12. The molecule has 3 rings (SSSR count). The zero-order chi connectivity index (χ0) is 17.8. The van der Waals surface area contributed by atoms with Crippen LogP contribution < -0.4 is 0 Å². The molecule has 0 atom stereocenters. The molecule has 1 aliphatic heterocycles. The Labute approximate surface area is 143 Å². The van der Waals surface area contributed by atoms with Gasteiger partial charge in [0, 0.05) is 37.9 Å². The molecule has 0 radical (unpaired) electrons. The fourth-order valence-electron chi connectivity index (χ4n) is 2.79. The molecule has 1 saturated heterocycles. The van der Waals surface area contributed by atoms with Gasteiger partial charge in [-0.15, -0.1) is 0 Å². The number of halogens is 2. The lowest BCUT2D eigenvalue weighted by Crippen LogP contribution is -2.37. The molecule has 1 aromatic heterocycles. The molecular weight excluding hydrogens is 328 g/mol. The van der Waals surface area contributed by atoms with Crippen molar-refractivity contribution in [2.45, 2.75) is 6.42 Å². The quantitative estimate of drug-likeness (QED) is 0.840. The van der Waals surface area contributed by atoms with Crippen molar-refractivity contribution in [3.8, 4) is 0 Å². The first-order valence-electron chi connectivity index (χ1n) is 8.01. The summed E-state index contributed by atoms with van der Waals surface area (Å²) in [5.74, 6) is -2.58. The summed E-state index contributed by atoms with van der Waals surface area (Å²) in [4.78, 5) is 32.2. The van der Waals surface area contributed by atoms with E-state index in [1.54, 1.807) is 34.2 Å². The summed E-state index contributed by atoms with van der Waals surface area (Å²) in [7, 11) is 0. The van der Waals surface area contributed by atoms with E-state index >= 15 is 0 Å². The molecule has 2 aromatic rings. The number of pyridine rings is 1. The average Bonchev–Trinajstić information content (AvgIpc) is 2.89. The summed E-state index contributed by atoms with van der Waals surface area (Å²) < 4.78 is 26.4. The molecule has 1 fully saturated rings. The molecular formula is C18H17F2N3O2. The number of hydrogen-bond acceptors (Lipinski definition) is 3. The maximum atomic E-state index is 13.3. The highest BCUT2D eigenvalue weighted by molar-refractivity contribution is 5.94. The normalized spacial score (nSPS) is 15.0. The van der Waals surface area contributed by atoms with Gasteiger partial charge in [-0.3, -0.25) is 14.6 Å². The summed E-state index contributed by atoms with van der Waals surface area (Å²) in [5.41, 5.74) is 0.464. The van der Waals surface area contributed by atoms with Gasteiger partial charge in [0.05, 0.1) is 0 Å². The zero-order valence-electron chi connectivity index (χ0n) is 13.5. The minimum Gasteiger partial charge on any atom is -0.337 e. The third kappa shape index (κ3) is 3.81. The van der Waals surface area contributed by atoms with Crippen LogP contribution in [-0.4, -0.2) is 52.8 Å². The predicted octanol–water partition coefficient (Wildman–Crippen LogP) is 2.35. The lowest BCUT2D eigenvalue weighted by Gasteiger charge is -2.22. The Morgan fingerprint density at radius 1 is 0.880 bits per heavy atom. The van der Waals surface area contributed by atoms with Gasteiger partial charge in [0.1, 0.15) is 5.69 Å². The SMILES string of the molecule is O=C(c1ccc(F)c(F)c1)N1CCCN(C(=O)c2ccccn2)CC1. The Bertz CT molecular complexity index is 783. The highest BCUT2D eigenvalue weighted by Crippen LogP contribution is 2.14. The molecule has 2 amide bonds. The highest BCUT2D eigenvalue weighted by atomic mass is 19.2. The van der Waals surface area contributed by atoms with E-state index in [1.165, 1.54) is 6.07 Å². The standard InChI is InChI=1S/C18H17F2N3O2/c19-14-6-5-13(12-15(14)20)17(24)22-8-3-9-23(11-10-22)18(25)16-4-1-2-7-21-16/h1-2,4-7,12H,3,8-11H2. The average molecular weight is 345 g/mol. The number of carbonyl (C=O) groups is 2. The molecule has 0 saturated carbocycles. The van der Waals surface area contributed by atoms with E-state index in [1.807, 2.05) is 0 Å². The van der Waals surface area contributed by atoms with Crippen LogP contribution in [-0.2, 0) is 0 Å². The van der Waals surface area contributed by atoms with Gasteiger partial charge in [-0.2, -0.15) is 0 Å². The Morgan fingerprint density at radius 2 is 1.60 bits per heavy atom. The maximum Gasteiger partial charge on any atom is 0.272 e. The second-order valence-corrected chi connectivity index (χ2v) is 5.78. The number of aromatic nitrogens is 1. The number of nitrogens with zero attached hydrogens (tertiary/aromatic N) is 3. The van der Waals surface area contributed by atoms with Crippen molar-refractivity contribution in [3.63, 3.8) is 0 Å². The van der Waals surface area contributed by atoms with Crippen molar-refractivity contribution in [2.24, 2.45) is 0 Å². The van der Waals surface area contributed by atoms with E-state index in [4.69, 9.17) is 0 Å². The van der Waals surface area contributed by atoms with Crippen LogP contribution >= 0.6 is 0 Å². The van der Waals surface area contributed by atoms with Crippen LogP contribution in [0.2, 0.25) is 0 Å².